The maximum Gasteiger partial charge on any atom is 0.254 e. The fourth-order valence-electron chi connectivity index (χ4n) is 0.786. The Morgan fingerprint density at radius 2 is 2.31 bits per heavy atom. The Labute approximate surface area is 76.0 Å². The summed E-state index contributed by atoms with van der Waals surface area (Å²) in [5.74, 6) is 5.71. The summed E-state index contributed by atoms with van der Waals surface area (Å²) in [6.07, 6.45) is 0.969. The van der Waals surface area contributed by atoms with E-state index in [2.05, 4.69) is 15.0 Å². The van der Waals surface area contributed by atoms with Crippen molar-refractivity contribution in [2.24, 2.45) is 5.90 Å². The first-order valence-electron chi connectivity index (χ1n) is 4.07. The second-order valence-electron chi connectivity index (χ2n) is 2.47. The molecule has 0 spiro atoms. The standard InChI is InChI=1S/C7H13N3O3/c1-2-3-11-4-6-9-7(5-12-8)13-10-6/h2-5,8H2,1H3. The average Bonchev–Trinajstić information content (AvgIpc) is 2.54. The molecule has 0 bridgehead atoms. The van der Waals surface area contributed by atoms with Gasteiger partial charge < -0.3 is 9.26 Å². The molecule has 0 radical (unpaired) electrons. The summed E-state index contributed by atoms with van der Waals surface area (Å²) in [7, 11) is 0. The van der Waals surface area contributed by atoms with E-state index < -0.39 is 0 Å². The second kappa shape index (κ2) is 5.63. The topological polar surface area (TPSA) is 83.4 Å². The lowest BCUT2D eigenvalue weighted by Gasteiger charge is -1.95. The van der Waals surface area contributed by atoms with Crippen molar-refractivity contribution < 1.29 is 14.1 Å². The molecule has 6 nitrogen and oxygen atoms in total. The molecule has 1 aromatic rings. The summed E-state index contributed by atoms with van der Waals surface area (Å²) in [6.45, 7) is 3.21. The van der Waals surface area contributed by atoms with Crippen molar-refractivity contribution in [2.75, 3.05) is 6.61 Å². The Balaban J connectivity index is 2.31. The third-order valence-electron chi connectivity index (χ3n) is 1.30. The van der Waals surface area contributed by atoms with Gasteiger partial charge in [-0.3, -0.25) is 4.84 Å². The predicted octanol–water partition coefficient (Wildman–Crippen LogP) is 0.386. The number of aromatic nitrogens is 2. The van der Waals surface area contributed by atoms with Gasteiger partial charge in [0.05, 0.1) is 0 Å². The minimum Gasteiger partial charge on any atom is -0.373 e. The Morgan fingerprint density at radius 1 is 1.46 bits per heavy atom. The zero-order valence-electron chi connectivity index (χ0n) is 7.52. The normalized spacial score (nSPS) is 10.6. The minimum atomic E-state index is 0.126. The lowest BCUT2D eigenvalue weighted by Crippen LogP contribution is -2.00. The van der Waals surface area contributed by atoms with Crippen LogP contribution in [0.4, 0.5) is 0 Å². The summed E-state index contributed by atoms with van der Waals surface area (Å²) in [5.41, 5.74) is 0. The number of nitrogens with zero attached hydrogens (tertiary/aromatic N) is 2. The highest BCUT2D eigenvalue weighted by Gasteiger charge is 2.04. The Kier molecular flexibility index (Phi) is 4.37. The van der Waals surface area contributed by atoms with Gasteiger partial charge in [-0.1, -0.05) is 12.1 Å². The van der Waals surface area contributed by atoms with Gasteiger partial charge in [-0.2, -0.15) is 4.98 Å². The van der Waals surface area contributed by atoms with Crippen molar-refractivity contribution in [3.8, 4) is 0 Å². The summed E-state index contributed by atoms with van der Waals surface area (Å²) in [5, 5.41) is 3.66. The second-order valence-corrected chi connectivity index (χ2v) is 2.47. The van der Waals surface area contributed by atoms with Crippen LogP contribution in [0.25, 0.3) is 0 Å². The molecular weight excluding hydrogens is 174 g/mol. The first kappa shape index (κ1) is 10.1. The van der Waals surface area contributed by atoms with Gasteiger partial charge >= 0.3 is 0 Å². The average molecular weight is 187 g/mol. The number of hydrogen-bond donors (Lipinski definition) is 1. The lowest BCUT2D eigenvalue weighted by molar-refractivity contribution is 0.0992. The van der Waals surface area contributed by atoms with Gasteiger partial charge in [-0.05, 0) is 6.42 Å². The van der Waals surface area contributed by atoms with E-state index in [-0.39, 0.29) is 6.61 Å². The highest BCUT2D eigenvalue weighted by Crippen LogP contribution is 1.99. The number of rotatable bonds is 6. The molecule has 0 saturated carbocycles. The zero-order chi connectivity index (χ0) is 9.52. The van der Waals surface area contributed by atoms with Gasteiger partial charge in [0.2, 0.25) is 0 Å². The van der Waals surface area contributed by atoms with Gasteiger partial charge in [-0.15, -0.1) is 0 Å². The molecule has 74 valence electrons. The fraction of sp³-hybridized carbons (Fsp3) is 0.714. The Morgan fingerprint density at radius 3 is 3.00 bits per heavy atom. The number of hydrogen-bond acceptors (Lipinski definition) is 6. The lowest BCUT2D eigenvalue weighted by atomic mass is 10.5. The maximum absolute atomic E-state index is 5.20. The van der Waals surface area contributed by atoms with E-state index in [1.165, 1.54) is 0 Å². The molecule has 0 unspecified atom stereocenters. The van der Waals surface area contributed by atoms with Crippen LogP contribution in [-0.2, 0) is 22.8 Å². The summed E-state index contributed by atoms with van der Waals surface area (Å²) >= 11 is 0. The van der Waals surface area contributed by atoms with Crippen molar-refractivity contribution >= 4 is 0 Å². The van der Waals surface area contributed by atoms with Crippen LogP contribution >= 0.6 is 0 Å². The summed E-state index contributed by atoms with van der Waals surface area (Å²) < 4.78 is 9.99. The molecule has 0 aromatic carbocycles. The van der Waals surface area contributed by atoms with E-state index in [1.807, 2.05) is 6.92 Å². The minimum absolute atomic E-state index is 0.126. The monoisotopic (exact) mass is 187 g/mol. The predicted molar refractivity (Wildman–Crippen MR) is 43.2 cm³/mol. The van der Waals surface area contributed by atoms with Crippen LogP contribution in [0.5, 0.6) is 0 Å². The molecule has 1 aromatic heterocycles. The van der Waals surface area contributed by atoms with Crippen molar-refractivity contribution in [2.45, 2.75) is 26.6 Å². The molecule has 0 aliphatic rings. The maximum atomic E-state index is 5.20. The quantitative estimate of drug-likeness (QED) is 0.512. The number of ether oxygens (including phenoxy) is 1. The number of nitrogens with two attached hydrogens (primary N) is 1. The SMILES string of the molecule is CCCOCc1noc(CON)n1. The third kappa shape index (κ3) is 3.49. The van der Waals surface area contributed by atoms with Crippen LogP contribution in [0, 0.1) is 0 Å². The van der Waals surface area contributed by atoms with E-state index in [4.69, 9.17) is 15.2 Å². The van der Waals surface area contributed by atoms with Crippen LogP contribution in [0.15, 0.2) is 4.52 Å². The van der Waals surface area contributed by atoms with E-state index >= 15 is 0 Å². The van der Waals surface area contributed by atoms with Crippen molar-refractivity contribution in [1.82, 2.24) is 10.1 Å². The van der Waals surface area contributed by atoms with Crippen LogP contribution in [0.1, 0.15) is 25.1 Å². The Bertz CT molecular complexity index is 239. The van der Waals surface area contributed by atoms with E-state index in [9.17, 15) is 0 Å². The molecule has 0 atom stereocenters. The summed E-state index contributed by atoms with van der Waals surface area (Å²) in [6, 6.07) is 0. The molecule has 0 fully saturated rings. The van der Waals surface area contributed by atoms with Crippen LogP contribution in [0.2, 0.25) is 0 Å². The van der Waals surface area contributed by atoms with E-state index in [1.54, 1.807) is 0 Å². The van der Waals surface area contributed by atoms with Gasteiger partial charge in [0, 0.05) is 6.61 Å². The summed E-state index contributed by atoms with van der Waals surface area (Å²) in [4.78, 5) is 8.29. The fourth-order valence-corrected chi connectivity index (χ4v) is 0.786. The van der Waals surface area contributed by atoms with E-state index in [0.717, 1.165) is 6.42 Å². The molecule has 6 heteroatoms. The molecule has 0 aliphatic carbocycles. The van der Waals surface area contributed by atoms with Crippen molar-refractivity contribution in [3.05, 3.63) is 11.7 Å². The molecule has 0 amide bonds. The highest BCUT2D eigenvalue weighted by molar-refractivity contribution is 4.82. The van der Waals surface area contributed by atoms with Crippen molar-refractivity contribution in [1.29, 1.82) is 0 Å². The molecule has 0 aliphatic heterocycles. The van der Waals surface area contributed by atoms with Crippen molar-refractivity contribution in [3.63, 3.8) is 0 Å². The third-order valence-corrected chi connectivity index (χ3v) is 1.30. The van der Waals surface area contributed by atoms with Gasteiger partial charge in [0.15, 0.2) is 5.82 Å². The van der Waals surface area contributed by atoms with Crippen LogP contribution in [-0.4, -0.2) is 16.7 Å². The van der Waals surface area contributed by atoms with E-state index in [0.29, 0.717) is 24.9 Å². The Hall–Kier alpha value is -0.980. The highest BCUT2D eigenvalue weighted by atomic mass is 16.6. The largest absolute Gasteiger partial charge is 0.373 e. The first-order valence-corrected chi connectivity index (χ1v) is 4.07. The van der Waals surface area contributed by atoms with Crippen LogP contribution in [0.3, 0.4) is 0 Å². The smallest absolute Gasteiger partial charge is 0.254 e. The molecule has 1 rings (SSSR count). The molecular formula is C7H13N3O3. The van der Waals surface area contributed by atoms with Crippen LogP contribution < -0.4 is 5.90 Å². The molecule has 2 N–H and O–H groups in total. The zero-order valence-corrected chi connectivity index (χ0v) is 7.52. The molecule has 1 heterocycles. The molecule has 0 saturated heterocycles. The molecule has 13 heavy (non-hydrogen) atoms. The van der Waals surface area contributed by atoms with Gasteiger partial charge in [0.1, 0.15) is 13.2 Å². The van der Waals surface area contributed by atoms with Gasteiger partial charge in [-0.25, -0.2) is 5.90 Å². The first-order chi connectivity index (χ1) is 6.36. The van der Waals surface area contributed by atoms with Gasteiger partial charge in [0.25, 0.3) is 5.89 Å².